The largest absolute Gasteiger partial charge is 0.331 e. The van der Waals surface area contributed by atoms with Crippen molar-refractivity contribution < 1.29 is 4.39 Å². The van der Waals surface area contributed by atoms with E-state index in [1.54, 1.807) is 12.4 Å². The molecule has 0 saturated carbocycles. The molecule has 0 radical (unpaired) electrons. The molecule has 0 aliphatic carbocycles. The third-order valence-corrected chi connectivity index (χ3v) is 2.06. The van der Waals surface area contributed by atoms with Gasteiger partial charge in [-0.25, -0.2) is 4.39 Å². The van der Waals surface area contributed by atoms with Gasteiger partial charge in [0, 0.05) is 12.2 Å². The van der Waals surface area contributed by atoms with E-state index in [4.69, 9.17) is 0 Å². The molecule has 13 heavy (non-hydrogen) atoms. The summed E-state index contributed by atoms with van der Waals surface area (Å²) in [5.74, 6) is -0.203. The topological polar surface area (TPSA) is 15.6 Å². The highest BCUT2D eigenvalue weighted by atomic mass is 19.1. The van der Waals surface area contributed by atoms with Gasteiger partial charge in [0.2, 0.25) is 0 Å². The third-order valence-electron chi connectivity index (χ3n) is 2.06. The number of anilines is 1. The van der Waals surface area contributed by atoms with Gasteiger partial charge in [-0.2, -0.15) is 0 Å². The Hall–Kier alpha value is -1.38. The van der Waals surface area contributed by atoms with Crippen molar-refractivity contribution in [3.05, 3.63) is 30.1 Å². The van der Waals surface area contributed by atoms with E-state index in [1.165, 1.54) is 12.1 Å². The van der Waals surface area contributed by atoms with Crippen LogP contribution in [0.25, 0.3) is 0 Å². The minimum atomic E-state index is -0.203. The fourth-order valence-electron chi connectivity index (χ4n) is 1.40. The lowest BCUT2D eigenvalue weighted by Crippen LogP contribution is -2.21. The van der Waals surface area contributed by atoms with Gasteiger partial charge in [-0.3, -0.25) is 4.99 Å². The number of aliphatic imine (C=N–C) groups is 1. The van der Waals surface area contributed by atoms with Crippen molar-refractivity contribution in [3.8, 4) is 0 Å². The van der Waals surface area contributed by atoms with E-state index in [-0.39, 0.29) is 5.82 Å². The van der Waals surface area contributed by atoms with Crippen LogP contribution in [0.3, 0.4) is 0 Å². The SMILES string of the molecule is CC1CN(c2cccc(F)c2)C=N1. The van der Waals surface area contributed by atoms with Crippen molar-refractivity contribution in [2.24, 2.45) is 4.99 Å². The maximum absolute atomic E-state index is 12.8. The molecule has 0 fully saturated rings. The predicted octanol–water partition coefficient (Wildman–Crippen LogP) is 2.06. The molecule has 0 N–H and O–H groups in total. The van der Waals surface area contributed by atoms with Crippen LogP contribution in [-0.2, 0) is 0 Å². The van der Waals surface area contributed by atoms with E-state index < -0.39 is 0 Å². The number of rotatable bonds is 1. The molecule has 2 nitrogen and oxygen atoms in total. The van der Waals surface area contributed by atoms with Crippen molar-refractivity contribution in [2.45, 2.75) is 13.0 Å². The van der Waals surface area contributed by atoms with Gasteiger partial charge >= 0.3 is 0 Å². The highest BCUT2D eigenvalue weighted by Gasteiger charge is 2.13. The van der Waals surface area contributed by atoms with Crippen LogP contribution >= 0.6 is 0 Å². The lowest BCUT2D eigenvalue weighted by molar-refractivity contribution is 0.627. The summed E-state index contributed by atoms with van der Waals surface area (Å²) in [6.07, 6.45) is 1.76. The fourth-order valence-corrected chi connectivity index (χ4v) is 1.40. The normalized spacial score (nSPS) is 21.1. The van der Waals surface area contributed by atoms with Gasteiger partial charge < -0.3 is 4.90 Å². The highest BCUT2D eigenvalue weighted by molar-refractivity contribution is 5.81. The molecular formula is C10H11FN2. The quantitative estimate of drug-likeness (QED) is 0.642. The van der Waals surface area contributed by atoms with Gasteiger partial charge in [0.25, 0.3) is 0 Å². The molecule has 0 aromatic heterocycles. The molecule has 1 aromatic carbocycles. The van der Waals surface area contributed by atoms with Crippen LogP contribution in [-0.4, -0.2) is 18.9 Å². The Labute approximate surface area is 76.7 Å². The Morgan fingerprint density at radius 3 is 3.00 bits per heavy atom. The lowest BCUT2D eigenvalue weighted by atomic mass is 10.2. The second-order valence-corrected chi connectivity index (χ2v) is 3.25. The van der Waals surface area contributed by atoms with Crippen molar-refractivity contribution in [1.29, 1.82) is 0 Å². The second-order valence-electron chi connectivity index (χ2n) is 3.25. The van der Waals surface area contributed by atoms with E-state index in [2.05, 4.69) is 4.99 Å². The monoisotopic (exact) mass is 178 g/mol. The Kier molecular flexibility index (Phi) is 2.00. The number of benzene rings is 1. The zero-order valence-corrected chi connectivity index (χ0v) is 7.44. The standard InChI is InChI=1S/C10H11FN2/c1-8-6-13(7-12-8)10-4-2-3-9(11)5-10/h2-5,7-8H,6H2,1H3. The van der Waals surface area contributed by atoms with Gasteiger partial charge in [0.15, 0.2) is 0 Å². The third kappa shape index (κ3) is 1.69. The number of hydrogen-bond donors (Lipinski definition) is 0. The first kappa shape index (κ1) is 8.23. The summed E-state index contributed by atoms with van der Waals surface area (Å²) < 4.78 is 12.8. The number of nitrogens with zero attached hydrogens (tertiary/aromatic N) is 2. The maximum Gasteiger partial charge on any atom is 0.125 e. The summed E-state index contributed by atoms with van der Waals surface area (Å²) in [6.45, 7) is 2.87. The smallest absolute Gasteiger partial charge is 0.125 e. The predicted molar refractivity (Wildman–Crippen MR) is 51.7 cm³/mol. The molecule has 1 heterocycles. The number of hydrogen-bond acceptors (Lipinski definition) is 2. The van der Waals surface area contributed by atoms with Crippen LogP contribution < -0.4 is 4.90 Å². The van der Waals surface area contributed by atoms with Crippen molar-refractivity contribution in [2.75, 3.05) is 11.4 Å². The molecule has 0 spiro atoms. The first-order valence-corrected chi connectivity index (χ1v) is 4.31. The van der Waals surface area contributed by atoms with E-state index in [9.17, 15) is 4.39 Å². The van der Waals surface area contributed by atoms with Crippen LogP contribution in [0.1, 0.15) is 6.92 Å². The summed E-state index contributed by atoms with van der Waals surface area (Å²) in [6, 6.07) is 6.86. The van der Waals surface area contributed by atoms with E-state index in [0.29, 0.717) is 6.04 Å². The minimum Gasteiger partial charge on any atom is -0.331 e. The molecule has 0 bridgehead atoms. The molecule has 2 rings (SSSR count). The molecule has 1 aromatic rings. The average Bonchev–Trinajstić information content (AvgIpc) is 2.52. The summed E-state index contributed by atoms with van der Waals surface area (Å²) in [4.78, 5) is 6.15. The van der Waals surface area contributed by atoms with Crippen LogP contribution in [0.5, 0.6) is 0 Å². The minimum absolute atomic E-state index is 0.203. The second kappa shape index (κ2) is 3.17. The van der Waals surface area contributed by atoms with E-state index in [1.807, 2.05) is 17.9 Å². The van der Waals surface area contributed by atoms with Crippen LogP contribution in [0.15, 0.2) is 29.3 Å². The van der Waals surface area contributed by atoms with Gasteiger partial charge in [0.05, 0.1) is 12.4 Å². The Morgan fingerprint density at radius 1 is 1.54 bits per heavy atom. The average molecular weight is 178 g/mol. The van der Waals surface area contributed by atoms with Crippen molar-refractivity contribution in [3.63, 3.8) is 0 Å². The lowest BCUT2D eigenvalue weighted by Gasteiger charge is -2.14. The zero-order valence-electron chi connectivity index (χ0n) is 7.44. The fraction of sp³-hybridized carbons (Fsp3) is 0.300. The summed E-state index contributed by atoms with van der Waals surface area (Å²) in [5, 5.41) is 0. The molecular weight excluding hydrogens is 167 g/mol. The molecule has 1 aliphatic rings. The summed E-state index contributed by atoms with van der Waals surface area (Å²) >= 11 is 0. The van der Waals surface area contributed by atoms with Crippen LogP contribution in [0.4, 0.5) is 10.1 Å². The molecule has 0 amide bonds. The molecule has 1 atom stereocenters. The van der Waals surface area contributed by atoms with Crippen molar-refractivity contribution in [1.82, 2.24) is 0 Å². The maximum atomic E-state index is 12.8. The first-order valence-electron chi connectivity index (χ1n) is 4.31. The molecule has 1 unspecified atom stereocenters. The molecule has 68 valence electrons. The molecule has 3 heteroatoms. The van der Waals surface area contributed by atoms with Gasteiger partial charge in [0.1, 0.15) is 5.82 Å². The van der Waals surface area contributed by atoms with E-state index >= 15 is 0 Å². The van der Waals surface area contributed by atoms with Crippen LogP contribution in [0, 0.1) is 5.82 Å². The highest BCUT2D eigenvalue weighted by Crippen LogP contribution is 2.17. The first-order chi connectivity index (χ1) is 6.25. The van der Waals surface area contributed by atoms with Gasteiger partial charge in [-0.1, -0.05) is 6.07 Å². The van der Waals surface area contributed by atoms with Gasteiger partial charge in [-0.05, 0) is 25.1 Å². The van der Waals surface area contributed by atoms with Crippen molar-refractivity contribution >= 4 is 12.0 Å². The zero-order chi connectivity index (χ0) is 9.26. The molecule has 0 saturated heterocycles. The van der Waals surface area contributed by atoms with Crippen LogP contribution in [0.2, 0.25) is 0 Å². The number of halogens is 1. The Morgan fingerprint density at radius 2 is 2.38 bits per heavy atom. The molecule has 1 aliphatic heterocycles. The Bertz CT molecular complexity index is 335. The Balaban J connectivity index is 2.22. The summed E-state index contributed by atoms with van der Waals surface area (Å²) in [5.41, 5.74) is 0.869. The van der Waals surface area contributed by atoms with E-state index in [0.717, 1.165) is 12.2 Å². The summed E-state index contributed by atoms with van der Waals surface area (Å²) in [7, 11) is 0. The van der Waals surface area contributed by atoms with Gasteiger partial charge in [-0.15, -0.1) is 0 Å².